The molecule has 0 unspecified atom stereocenters. The largest absolute Gasteiger partial charge is 0.149 e. The zero-order chi connectivity index (χ0) is 20.5. The van der Waals surface area contributed by atoms with Crippen LogP contribution < -0.4 is 0 Å². The van der Waals surface area contributed by atoms with Gasteiger partial charge in [0.1, 0.15) is 0 Å². The van der Waals surface area contributed by atoms with E-state index in [0.29, 0.717) is 31.2 Å². The second-order valence-electron chi connectivity index (χ2n) is 13.8. The second kappa shape index (κ2) is 7.76. The van der Waals surface area contributed by atoms with E-state index >= 15 is 0 Å². The van der Waals surface area contributed by atoms with Crippen molar-refractivity contribution in [3.8, 4) is 0 Å². The molecule has 0 aliphatic rings. The number of hydrogen-bond acceptors (Lipinski definition) is 1. The Morgan fingerprint density at radius 1 is 0.400 bits per heavy atom. The van der Waals surface area contributed by atoms with E-state index in [1.165, 1.54) is 25.7 Å². The van der Waals surface area contributed by atoms with Crippen molar-refractivity contribution < 1.29 is 0 Å². The summed E-state index contributed by atoms with van der Waals surface area (Å²) < 4.78 is 0.603. The first-order chi connectivity index (χ1) is 10.5. The number of thioether (sulfide) groups is 1. The molecule has 0 radical (unpaired) electrons. The molecule has 0 bridgehead atoms. The molecule has 0 heterocycles. The van der Waals surface area contributed by atoms with Crippen LogP contribution in [0.1, 0.15) is 123 Å². The summed E-state index contributed by atoms with van der Waals surface area (Å²) in [6, 6.07) is 0. The average molecular weight is 371 g/mol. The monoisotopic (exact) mass is 370 g/mol. The highest BCUT2D eigenvalue weighted by atomic mass is 32.2. The molecule has 0 saturated carbocycles. The molecule has 0 atom stereocenters. The molecule has 0 amide bonds. The van der Waals surface area contributed by atoms with Crippen molar-refractivity contribution in [2.75, 3.05) is 0 Å². The molecular formula is C24H50S. The van der Waals surface area contributed by atoms with Gasteiger partial charge in [0.25, 0.3) is 0 Å². The third kappa shape index (κ3) is 13.2. The van der Waals surface area contributed by atoms with E-state index in [2.05, 4.69) is 109 Å². The van der Waals surface area contributed by atoms with Crippen molar-refractivity contribution in [3.05, 3.63) is 0 Å². The van der Waals surface area contributed by atoms with Crippen molar-refractivity contribution in [1.82, 2.24) is 0 Å². The van der Waals surface area contributed by atoms with Gasteiger partial charge in [0.15, 0.2) is 0 Å². The zero-order valence-electron chi connectivity index (χ0n) is 20.2. The van der Waals surface area contributed by atoms with Gasteiger partial charge in [-0.3, -0.25) is 0 Å². The lowest BCUT2D eigenvalue weighted by Crippen LogP contribution is -2.36. The molecule has 0 aromatic heterocycles. The van der Waals surface area contributed by atoms with Gasteiger partial charge in [-0.1, -0.05) is 96.9 Å². The quantitative estimate of drug-likeness (QED) is 0.410. The Labute approximate surface area is 165 Å². The Morgan fingerprint density at radius 2 is 0.640 bits per heavy atom. The predicted octanol–water partition coefficient (Wildman–Crippen LogP) is 8.98. The Hall–Kier alpha value is 0.350. The summed E-state index contributed by atoms with van der Waals surface area (Å²) in [6.07, 6.45) is 5.09. The minimum atomic E-state index is 0.302. The second-order valence-corrected chi connectivity index (χ2v) is 16.2. The Morgan fingerprint density at radius 3 is 0.840 bits per heavy atom. The van der Waals surface area contributed by atoms with Gasteiger partial charge in [-0.15, -0.1) is 11.8 Å². The van der Waals surface area contributed by atoms with E-state index in [4.69, 9.17) is 0 Å². The highest BCUT2D eigenvalue weighted by molar-refractivity contribution is 8.01. The lowest BCUT2D eigenvalue weighted by Gasteiger charge is -2.44. The highest BCUT2D eigenvalue weighted by Gasteiger charge is 2.39. The number of rotatable bonds is 8. The van der Waals surface area contributed by atoms with E-state index in [0.717, 1.165) is 0 Å². The lowest BCUT2D eigenvalue weighted by molar-refractivity contribution is 0.181. The van der Waals surface area contributed by atoms with Crippen LogP contribution in [0.4, 0.5) is 0 Å². The predicted molar refractivity (Wildman–Crippen MR) is 121 cm³/mol. The van der Waals surface area contributed by atoms with Gasteiger partial charge < -0.3 is 0 Å². The van der Waals surface area contributed by atoms with Crippen molar-refractivity contribution in [3.63, 3.8) is 0 Å². The van der Waals surface area contributed by atoms with Crippen LogP contribution >= 0.6 is 11.8 Å². The molecular weight excluding hydrogens is 320 g/mol. The minimum absolute atomic E-state index is 0.302. The molecule has 0 fully saturated rings. The smallest absolute Gasteiger partial charge is 0.0114 e. The maximum Gasteiger partial charge on any atom is 0.0114 e. The molecule has 0 aliphatic carbocycles. The molecule has 0 nitrogen and oxygen atoms in total. The van der Waals surface area contributed by atoms with E-state index in [-0.39, 0.29) is 0 Å². The molecule has 0 N–H and O–H groups in total. The van der Waals surface area contributed by atoms with E-state index in [1.54, 1.807) is 0 Å². The van der Waals surface area contributed by atoms with Gasteiger partial charge >= 0.3 is 0 Å². The summed E-state index contributed by atoms with van der Waals surface area (Å²) in [5, 5.41) is 0. The van der Waals surface area contributed by atoms with Crippen LogP contribution in [0, 0.1) is 21.7 Å². The third-order valence-corrected chi connectivity index (χ3v) is 5.77. The van der Waals surface area contributed by atoms with Crippen LogP contribution in [-0.4, -0.2) is 9.49 Å². The van der Waals surface area contributed by atoms with Gasteiger partial charge in [0.2, 0.25) is 0 Å². The standard InChI is InChI=1S/C24H50S/c1-19(2,3)15-21(7,8)17-23(11,12)25-24(13,14)18-22(9,10)16-20(4,5)6/h15-18H2,1-14H3. The maximum absolute atomic E-state index is 2.46. The van der Waals surface area contributed by atoms with Crippen LogP contribution in [0.25, 0.3) is 0 Å². The van der Waals surface area contributed by atoms with E-state index < -0.39 is 0 Å². The van der Waals surface area contributed by atoms with Gasteiger partial charge in [-0.05, 0) is 47.3 Å². The van der Waals surface area contributed by atoms with Gasteiger partial charge in [-0.25, -0.2) is 0 Å². The van der Waals surface area contributed by atoms with E-state index in [1.807, 2.05) is 0 Å². The molecule has 152 valence electrons. The SMILES string of the molecule is CC(C)(C)CC(C)(C)CC(C)(C)SC(C)(C)CC(C)(C)CC(C)(C)C. The summed E-state index contributed by atoms with van der Waals surface area (Å²) in [5.41, 5.74) is 1.56. The molecule has 0 aromatic carbocycles. The summed E-state index contributed by atoms with van der Waals surface area (Å²) in [4.78, 5) is 0. The fourth-order valence-corrected chi connectivity index (χ4v) is 8.54. The van der Waals surface area contributed by atoms with Gasteiger partial charge in [0.05, 0.1) is 0 Å². The summed E-state index contributed by atoms with van der Waals surface area (Å²) in [7, 11) is 0. The topological polar surface area (TPSA) is 0 Å². The van der Waals surface area contributed by atoms with Crippen LogP contribution in [0.5, 0.6) is 0 Å². The summed E-state index contributed by atoms with van der Waals surface area (Å²) in [5.74, 6) is 0. The Kier molecular flexibility index (Phi) is 7.87. The third-order valence-electron chi connectivity index (χ3n) is 4.38. The molecule has 0 saturated heterocycles. The van der Waals surface area contributed by atoms with Crippen LogP contribution in [-0.2, 0) is 0 Å². The molecule has 0 rings (SSSR count). The molecule has 1 heteroatoms. The van der Waals surface area contributed by atoms with Crippen LogP contribution in [0.15, 0.2) is 0 Å². The molecule has 0 aromatic rings. The summed E-state index contributed by atoms with van der Waals surface area (Å²) >= 11 is 2.21. The first-order valence-corrected chi connectivity index (χ1v) is 11.1. The van der Waals surface area contributed by atoms with Crippen molar-refractivity contribution in [1.29, 1.82) is 0 Å². The normalized spacial score (nSPS) is 15.6. The van der Waals surface area contributed by atoms with Gasteiger partial charge in [-0.2, -0.15) is 0 Å². The van der Waals surface area contributed by atoms with Crippen molar-refractivity contribution in [2.24, 2.45) is 21.7 Å². The van der Waals surface area contributed by atoms with Crippen LogP contribution in [0.3, 0.4) is 0 Å². The maximum atomic E-state index is 2.46. The Bertz CT molecular complexity index is 370. The minimum Gasteiger partial charge on any atom is -0.149 e. The average Bonchev–Trinajstić information content (AvgIpc) is 1.97. The first kappa shape index (κ1) is 25.4. The highest BCUT2D eigenvalue weighted by Crippen LogP contribution is 2.51. The zero-order valence-corrected chi connectivity index (χ0v) is 21.1. The fourth-order valence-electron chi connectivity index (χ4n) is 6.12. The molecule has 0 spiro atoms. The van der Waals surface area contributed by atoms with E-state index in [9.17, 15) is 0 Å². The first-order valence-electron chi connectivity index (χ1n) is 10.2. The molecule has 0 aliphatic heterocycles. The van der Waals surface area contributed by atoms with Crippen molar-refractivity contribution >= 4 is 11.8 Å². The lowest BCUT2D eigenvalue weighted by atomic mass is 9.72. The van der Waals surface area contributed by atoms with Crippen LogP contribution in [0.2, 0.25) is 0 Å². The summed E-state index contributed by atoms with van der Waals surface area (Å²) in [6.45, 7) is 33.9. The Balaban J connectivity index is 5.01. The molecule has 25 heavy (non-hydrogen) atoms. The number of hydrogen-bond donors (Lipinski definition) is 0. The van der Waals surface area contributed by atoms with Gasteiger partial charge in [0, 0.05) is 9.49 Å². The fraction of sp³-hybridized carbons (Fsp3) is 1.00. The van der Waals surface area contributed by atoms with Crippen molar-refractivity contribution in [2.45, 2.75) is 132 Å².